The number of hydrogen-bond acceptors (Lipinski definition) is 4. The van der Waals surface area contributed by atoms with E-state index in [1.165, 1.54) is 5.56 Å². The molecule has 0 atom stereocenters. The van der Waals surface area contributed by atoms with Gasteiger partial charge in [0.25, 0.3) is 0 Å². The lowest BCUT2D eigenvalue weighted by Crippen LogP contribution is -2.31. The zero-order chi connectivity index (χ0) is 15.1. The van der Waals surface area contributed by atoms with Gasteiger partial charge in [-0.15, -0.1) is 0 Å². The predicted octanol–water partition coefficient (Wildman–Crippen LogP) is 3.04. The number of likely N-dealkylation sites (N-methyl/N-ethyl adjacent to an activating group) is 1. The molecule has 2 rings (SSSR count). The first-order valence-electron chi connectivity index (χ1n) is 7.75. The van der Waals surface area contributed by atoms with Crippen LogP contribution >= 0.6 is 15.9 Å². The van der Waals surface area contributed by atoms with Gasteiger partial charge in [0.15, 0.2) is 11.5 Å². The number of ether oxygens (including phenoxy) is 2. The molecule has 1 aliphatic rings. The Morgan fingerprint density at radius 2 is 1.95 bits per heavy atom. The molecule has 1 aromatic carbocycles. The van der Waals surface area contributed by atoms with E-state index in [1.807, 2.05) is 0 Å². The number of hydrogen-bond donors (Lipinski definition) is 1. The number of fused-ring (bicyclic) bond motifs is 1. The Hall–Kier alpha value is -0.780. The molecule has 0 saturated heterocycles. The van der Waals surface area contributed by atoms with Crippen molar-refractivity contribution in [2.24, 2.45) is 0 Å². The van der Waals surface area contributed by atoms with Crippen molar-refractivity contribution < 1.29 is 9.47 Å². The van der Waals surface area contributed by atoms with Gasteiger partial charge in [-0.3, -0.25) is 0 Å². The van der Waals surface area contributed by atoms with Crippen molar-refractivity contribution in [1.82, 2.24) is 10.2 Å². The van der Waals surface area contributed by atoms with Gasteiger partial charge in [-0.1, -0.05) is 13.8 Å². The summed E-state index contributed by atoms with van der Waals surface area (Å²) in [6.45, 7) is 11.0. The second-order valence-electron chi connectivity index (χ2n) is 5.16. The average Bonchev–Trinajstić information content (AvgIpc) is 2.73. The summed E-state index contributed by atoms with van der Waals surface area (Å²) in [6, 6.07) is 4.19. The topological polar surface area (TPSA) is 33.7 Å². The normalized spacial score (nSPS) is 14.3. The number of rotatable bonds is 7. The fourth-order valence-electron chi connectivity index (χ4n) is 2.40. The van der Waals surface area contributed by atoms with Crippen molar-refractivity contribution in [3.8, 4) is 11.5 Å². The summed E-state index contributed by atoms with van der Waals surface area (Å²) in [5.41, 5.74) is 1.21. The van der Waals surface area contributed by atoms with E-state index in [4.69, 9.17) is 9.47 Å². The van der Waals surface area contributed by atoms with E-state index in [1.54, 1.807) is 0 Å². The maximum Gasteiger partial charge on any atom is 0.175 e. The first-order chi connectivity index (χ1) is 10.2. The Morgan fingerprint density at radius 3 is 2.71 bits per heavy atom. The Kier molecular flexibility index (Phi) is 6.80. The van der Waals surface area contributed by atoms with Gasteiger partial charge in [0.05, 0.1) is 17.7 Å². The molecule has 0 aliphatic carbocycles. The van der Waals surface area contributed by atoms with E-state index in [0.29, 0.717) is 6.61 Å². The Balaban J connectivity index is 1.89. The highest BCUT2D eigenvalue weighted by Gasteiger charge is 2.15. The van der Waals surface area contributed by atoms with Crippen LogP contribution in [0, 0.1) is 0 Å². The molecule has 0 radical (unpaired) electrons. The summed E-state index contributed by atoms with van der Waals surface area (Å²) < 4.78 is 12.5. The minimum Gasteiger partial charge on any atom is -0.490 e. The third-order valence-electron chi connectivity index (χ3n) is 3.69. The zero-order valence-corrected chi connectivity index (χ0v) is 14.5. The SMILES string of the molecule is CCN(CC)CCNCc1cc(Br)c2c(c1)OCCCO2. The molecule has 0 unspecified atom stereocenters. The number of benzene rings is 1. The zero-order valence-electron chi connectivity index (χ0n) is 13.0. The van der Waals surface area contributed by atoms with E-state index in [0.717, 1.165) is 61.7 Å². The summed E-state index contributed by atoms with van der Waals surface area (Å²) in [6.07, 6.45) is 0.929. The van der Waals surface area contributed by atoms with Gasteiger partial charge in [-0.2, -0.15) is 0 Å². The lowest BCUT2D eigenvalue weighted by molar-refractivity contribution is 0.296. The van der Waals surface area contributed by atoms with Crippen LogP contribution < -0.4 is 14.8 Å². The van der Waals surface area contributed by atoms with Crippen LogP contribution in [0.2, 0.25) is 0 Å². The lowest BCUT2D eigenvalue weighted by atomic mass is 10.2. The average molecular weight is 357 g/mol. The van der Waals surface area contributed by atoms with Crippen LogP contribution in [0.15, 0.2) is 16.6 Å². The predicted molar refractivity (Wildman–Crippen MR) is 89.2 cm³/mol. The van der Waals surface area contributed by atoms with Gasteiger partial charge in [0, 0.05) is 26.1 Å². The van der Waals surface area contributed by atoms with E-state index in [2.05, 4.69) is 52.1 Å². The molecule has 1 N–H and O–H groups in total. The largest absolute Gasteiger partial charge is 0.490 e. The van der Waals surface area contributed by atoms with E-state index in [-0.39, 0.29) is 0 Å². The third kappa shape index (κ3) is 4.87. The fourth-order valence-corrected chi connectivity index (χ4v) is 3.00. The molecule has 4 nitrogen and oxygen atoms in total. The molecule has 0 spiro atoms. The Bertz CT molecular complexity index is 450. The van der Waals surface area contributed by atoms with Crippen LogP contribution in [0.5, 0.6) is 11.5 Å². The molecule has 1 aromatic rings. The second kappa shape index (κ2) is 8.61. The molecule has 0 bridgehead atoms. The van der Waals surface area contributed by atoms with Crippen LogP contribution in [0.4, 0.5) is 0 Å². The fraction of sp³-hybridized carbons (Fsp3) is 0.625. The minimum atomic E-state index is 0.715. The van der Waals surface area contributed by atoms with Gasteiger partial charge < -0.3 is 19.7 Å². The van der Waals surface area contributed by atoms with E-state index >= 15 is 0 Å². The van der Waals surface area contributed by atoms with Crippen LogP contribution in [-0.2, 0) is 6.54 Å². The molecule has 5 heteroatoms. The summed E-state index contributed by atoms with van der Waals surface area (Å²) in [4.78, 5) is 2.41. The van der Waals surface area contributed by atoms with Crippen LogP contribution in [0.3, 0.4) is 0 Å². The van der Waals surface area contributed by atoms with Crippen molar-refractivity contribution in [3.05, 3.63) is 22.2 Å². The van der Waals surface area contributed by atoms with E-state index < -0.39 is 0 Å². The van der Waals surface area contributed by atoms with Crippen LogP contribution in [-0.4, -0.2) is 44.3 Å². The van der Waals surface area contributed by atoms with Crippen molar-refractivity contribution >= 4 is 15.9 Å². The maximum absolute atomic E-state index is 5.76. The first kappa shape index (κ1) is 16.6. The van der Waals surface area contributed by atoms with Crippen LogP contribution in [0.1, 0.15) is 25.8 Å². The second-order valence-corrected chi connectivity index (χ2v) is 6.01. The van der Waals surface area contributed by atoms with Crippen LogP contribution in [0.25, 0.3) is 0 Å². The Morgan fingerprint density at radius 1 is 1.19 bits per heavy atom. The minimum absolute atomic E-state index is 0.715. The molecule has 118 valence electrons. The highest BCUT2D eigenvalue weighted by molar-refractivity contribution is 9.10. The molecule has 0 aromatic heterocycles. The van der Waals surface area contributed by atoms with Gasteiger partial charge in [0.2, 0.25) is 0 Å². The molecule has 0 fully saturated rings. The van der Waals surface area contributed by atoms with Gasteiger partial charge in [0.1, 0.15) is 0 Å². The number of halogens is 1. The molecule has 1 aliphatic heterocycles. The molecular formula is C16H25BrN2O2. The Labute approximate surface area is 135 Å². The highest BCUT2D eigenvalue weighted by Crippen LogP contribution is 2.38. The first-order valence-corrected chi connectivity index (χ1v) is 8.55. The summed E-state index contributed by atoms with van der Waals surface area (Å²) in [5, 5.41) is 3.49. The number of nitrogens with one attached hydrogen (secondary N) is 1. The highest BCUT2D eigenvalue weighted by atomic mass is 79.9. The molecule has 0 amide bonds. The van der Waals surface area contributed by atoms with Crippen molar-refractivity contribution in [3.63, 3.8) is 0 Å². The standard InChI is InChI=1S/C16H25BrN2O2/c1-3-19(4-2)7-6-18-12-13-10-14(17)16-15(11-13)20-8-5-9-21-16/h10-11,18H,3-9,12H2,1-2H3. The monoisotopic (exact) mass is 356 g/mol. The van der Waals surface area contributed by atoms with Gasteiger partial charge >= 0.3 is 0 Å². The quantitative estimate of drug-likeness (QED) is 0.761. The van der Waals surface area contributed by atoms with Crippen molar-refractivity contribution in [2.45, 2.75) is 26.8 Å². The molecule has 0 saturated carbocycles. The summed E-state index contributed by atoms with van der Waals surface area (Å²) in [5.74, 6) is 1.68. The van der Waals surface area contributed by atoms with Gasteiger partial charge in [-0.05, 0) is 46.7 Å². The van der Waals surface area contributed by atoms with Gasteiger partial charge in [-0.25, -0.2) is 0 Å². The third-order valence-corrected chi connectivity index (χ3v) is 4.28. The summed E-state index contributed by atoms with van der Waals surface area (Å²) in [7, 11) is 0. The maximum atomic E-state index is 5.76. The van der Waals surface area contributed by atoms with E-state index in [9.17, 15) is 0 Å². The molecule has 21 heavy (non-hydrogen) atoms. The summed E-state index contributed by atoms with van der Waals surface area (Å²) >= 11 is 3.58. The number of nitrogens with zero attached hydrogens (tertiary/aromatic N) is 1. The van der Waals surface area contributed by atoms with Crippen molar-refractivity contribution in [2.75, 3.05) is 39.4 Å². The lowest BCUT2D eigenvalue weighted by Gasteiger charge is -2.18. The smallest absolute Gasteiger partial charge is 0.175 e. The molecular weight excluding hydrogens is 332 g/mol. The molecule has 1 heterocycles. The van der Waals surface area contributed by atoms with Crippen molar-refractivity contribution in [1.29, 1.82) is 0 Å².